The first kappa shape index (κ1) is 17.2. The number of aryl methyl sites for hydroxylation is 1. The van der Waals surface area contributed by atoms with Crippen LogP contribution in [0.25, 0.3) is 5.65 Å². The number of benzene rings is 1. The Morgan fingerprint density at radius 2 is 2.16 bits per heavy atom. The molecule has 3 rings (SSSR count). The monoisotopic (exact) mass is 363 g/mol. The summed E-state index contributed by atoms with van der Waals surface area (Å²) >= 11 is 6.04. The summed E-state index contributed by atoms with van der Waals surface area (Å²) in [4.78, 5) is 29.0. The number of hydrogen-bond acceptors (Lipinski definition) is 4. The zero-order valence-corrected chi connectivity index (χ0v) is 14.4. The zero-order valence-electron chi connectivity index (χ0n) is 13.6. The summed E-state index contributed by atoms with van der Waals surface area (Å²) in [6, 6.07) is 4.35. The van der Waals surface area contributed by atoms with Gasteiger partial charge in [0.05, 0.1) is 6.61 Å². The maximum absolute atomic E-state index is 14.0. The van der Waals surface area contributed by atoms with Gasteiger partial charge in [-0.05, 0) is 26.0 Å². The Balaban J connectivity index is 2.12. The third kappa shape index (κ3) is 3.02. The third-order valence-electron chi connectivity index (χ3n) is 3.87. The standard InChI is InChI=1S/C17H15ClFN3O3/c1-3-25-17(24)12-8-20-22-15(12)21-9(2)10(16(22)23)7-11-13(18)5-4-6-14(11)19/h4-6,8,20H,3,7H2,1-2H3. The fraction of sp³-hybridized carbons (Fsp3) is 0.235. The number of ether oxygens (including phenoxy) is 1. The van der Waals surface area contributed by atoms with Gasteiger partial charge >= 0.3 is 5.97 Å². The number of H-pyrrole nitrogens is 1. The van der Waals surface area contributed by atoms with Crippen LogP contribution in [0, 0.1) is 12.7 Å². The average molecular weight is 364 g/mol. The molecule has 25 heavy (non-hydrogen) atoms. The van der Waals surface area contributed by atoms with Crippen molar-refractivity contribution >= 4 is 23.2 Å². The summed E-state index contributed by atoms with van der Waals surface area (Å²) in [5.74, 6) is -1.06. The normalized spacial score (nSPS) is 11.0. The number of aromatic nitrogens is 3. The minimum atomic E-state index is -0.572. The number of nitrogens with one attached hydrogen (secondary N) is 1. The minimum absolute atomic E-state index is 0.000126. The van der Waals surface area contributed by atoms with Crippen molar-refractivity contribution in [2.45, 2.75) is 20.3 Å². The summed E-state index contributed by atoms with van der Waals surface area (Å²) in [5, 5.41) is 2.93. The molecule has 0 saturated carbocycles. The molecule has 1 N–H and O–H groups in total. The predicted molar refractivity (Wildman–Crippen MR) is 90.7 cm³/mol. The van der Waals surface area contributed by atoms with Crippen molar-refractivity contribution in [3.63, 3.8) is 0 Å². The number of carbonyl (C=O) groups excluding carboxylic acids is 1. The summed E-state index contributed by atoms with van der Waals surface area (Å²) in [6.45, 7) is 3.53. The van der Waals surface area contributed by atoms with Crippen LogP contribution in [0.1, 0.15) is 34.1 Å². The molecular formula is C17H15ClFN3O3. The highest BCUT2D eigenvalue weighted by molar-refractivity contribution is 6.31. The first-order valence-electron chi connectivity index (χ1n) is 7.63. The van der Waals surface area contributed by atoms with Gasteiger partial charge in [-0.25, -0.2) is 18.7 Å². The van der Waals surface area contributed by atoms with Crippen LogP contribution in [0.15, 0.2) is 29.2 Å². The van der Waals surface area contributed by atoms with Crippen molar-refractivity contribution in [2.24, 2.45) is 0 Å². The van der Waals surface area contributed by atoms with Gasteiger partial charge in [0.2, 0.25) is 0 Å². The Bertz CT molecular complexity index is 1010. The third-order valence-corrected chi connectivity index (χ3v) is 4.23. The summed E-state index contributed by atoms with van der Waals surface area (Å²) in [7, 11) is 0. The lowest BCUT2D eigenvalue weighted by Gasteiger charge is -2.08. The Morgan fingerprint density at radius 3 is 2.84 bits per heavy atom. The minimum Gasteiger partial charge on any atom is -0.462 e. The fourth-order valence-electron chi connectivity index (χ4n) is 2.60. The Labute approximate surface area is 147 Å². The van der Waals surface area contributed by atoms with Crippen LogP contribution >= 0.6 is 11.6 Å². The number of nitrogens with zero attached hydrogens (tertiary/aromatic N) is 2. The Morgan fingerprint density at radius 1 is 1.40 bits per heavy atom. The second-order valence-corrected chi connectivity index (χ2v) is 5.83. The molecule has 0 saturated heterocycles. The molecular weight excluding hydrogens is 349 g/mol. The molecule has 1 aromatic carbocycles. The molecule has 3 aromatic rings. The van der Waals surface area contributed by atoms with Crippen LogP contribution in [-0.2, 0) is 11.2 Å². The first-order valence-corrected chi connectivity index (χ1v) is 8.01. The Kier molecular flexibility index (Phi) is 4.59. The van der Waals surface area contributed by atoms with E-state index in [2.05, 4.69) is 10.1 Å². The van der Waals surface area contributed by atoms with Crippen molar-refractivity contribution in [2.75, 3.05) is 6.61 Å². The largest absolute Gasteiger partial charge is 0.462 e. The number of carbonyl (C=O) groups is 1. The van der Waals surface area contributed by atoms with E-state index in [1.165, 1.54) is 18.3 Å². The van der Waals surface area contributed by atoms with Gasteiger partial charge in [-0.15, -0.1) is 0 Å². The molecule has 0 spiro atoms. The molecule has 0 bridgehead atoms. The van der Waals surface area contributed by atoms with E-state index < -0.39 is 17.3 Å². The van der Waals surface area contributed by atoms with E-state index in [1.807, 2.05) is 0 Å². The van der Waals surface area contributed by atoms with E-state index in [-0.39, 0.29) is 34.8 Å². The molecule has 130 valence electrons. The number of esters is 1. The van der Waals surface area contributed by atoms with Crippen LogP contribution < -0.4 is 5.56 Å². The van der Waals surface area contributed by atoms with Crippen molar-refractivity contribution in [3.8, 4) is 0 Å². The number of fused-ring (bicyclic) bond motifs is 1. The van der Waals surface area contributed by atoms with Gasteiger partial charge in [-0.3, -0.25) is 9.89 Å². The van der Waals surface area contributed by atoms with Gasteiger partial charge in [0, 0.05) is 34.5 Å². The number of rotatable bonds is 4. The van der Waals surface area contributed by atoms with Gasteiger partial charge in [-0.1, -0.05) is 17.7 Å². The molecule has 8 heteroatoms. The van der Waals surface area contributed by atoms with Crippen LogP contribution in [0.5, 0.6) is 0 Å². The lowest BCUT2D eigenvalue weighted by Crippen LogP contribution is -2.23. The van der Waals surface area contributed by atoms with Crippen molar-refractivity contribution in [1.82, 2.24) is 14.6 Å². The van der Waals surface area contributed by atoms with Gasteiger partial charge in [0.15, 0.2) is 5.65 Å². The van der Waals surface area contributed by atoms with E-state index in [1.54, 1.807) is 19.9 Å². The van der Waals surface area contributed by atoms with E-state index in [4.69, 9.17) is 16.3 Å². The molecule has 6 nitrogen and oxygen atoms in total. The number of halogens is 2. The maximum atomic E-state index is 14.0. The maximum Gasteiger partial charge on any atom is 0.343 e. The molecule has 2 aromatic heterocycles. The van der Waals surface area contributed by atoms with Gasteiger partial charge in [0.1, 0.15) is 11.4 Å². The molecule has 0 amide bonds. The van der Waals surface area contributed by atoms with Crippen molar-refractivity contribution in [3.05, 3.63) is 68.0 Å². The topological polar surface area (TPSA) is 76.5 Å². The van der Waals surface area contributed by atoms with Crippen LogP contribution in [0.4, 0.5) is 4.39 Å². The number of aromatic amines is 1. The fourth-order valence-corrected chi connectivity index (χ4v) is 2.83. The van der Waals surface area contributed by atoms with Crippen LogP contribution in [-0.4, -0.2) is 27.2 Å². The van der Waals surface area contributed by atoms with Crippen LogP contribution in [0.3, 0.4) is 0 Å². The Hall–Kier alpha value is -2.67. The first-order chi connectivity index (χ1) is 11.9. The molecule has 0 fully saturated rings. The molecule has 0 unspecified atom stereocenters. The smallest absolute Gasteiger partial charge is 0.343 e. The summed E-state index contributed by atoms with van der Waals surface area (Å²) in [5.41, 5.74) is 0.832. The molecule has 0 radical (unpaired) electrons. The molecule has 0 aliphatic heterocycles. The van der Waals surface area contributed by atoms with Gasteiger partial charge in [-0.2, -0.15) is 0 Å². The zero-order chi connectivity index (χ0) is 18.1. The van der Waals surface area contributed by atoms with E-state index in [0.717, 1.165) is 4.52 Å². The molecule has 2 heterocycles. The van der Waals surface area contributed by atoms with E-state index in [0.29, 0.717) is 11.3 Å². The highest BCUT2D eigenvalue weighted by atomic mass is 35.5. The predicted octanol–water partition coefficient (Wildman–Crippen LogP) is 2.89. The number of hydrogen-bond donors (Lipinski definition) is 1. The highest BCUT2D eigenvalue weighted by Crippen LogP contribution is 2.22. The summed E-state index contributed by atoms with van der Waals surface area (Å²) < 4.78 is 20.1. The second kappa shape index (κ2) is 6.68. The SMILES string of the molecule is CCOC(=O)c1c[nH]n2c(=O)c(Cc3c(F)cccc3Cl)c(C)nc12. The van der Waals surface area contributed by atoms with Crippen LogP contribution in [0.2, 0.25) is 5.02 Å². The highest BCUT2D eigenvalue weighted by Gasteiger charge is 2.20. The van der Waals surface area contributed by atoms with Gasteiger partial charge in [0.25, 0.3) is 5.56 Å². The molecule has 0 aliphatic rings. The van der Waals surface area contributed by atoms with Gasteiger partial charge < -0.3 is 4.74 Å². The van der Waals surface area contributed by atoms with E-state index in [9.17, 15) is 14.0 Å². The van der Waals surface area contributed by atoms with E-state index >= 15 is 0 Å². The molecule has 0 aliphatic carbocycles. The lowest BCUT2D eigenvalue weighted by atomic mass is 10.0. The van der Waals surface area contributed by atoms with Crippen molar-refractivity contribution in [1.29, 1.82) is 0 Å². The van der Waals surface area contributed by atoms with Crippen molar-refractivity contribution < 1.29 is 13.9 Å². The average Bonchev–Trinajstić information content (AvgIpc) is 2.98. The lowest BCUT2D eigenvalue weighted by molar-refractivity contribution is 0.0528. The quantitative estimate of drug-likeness (QED) is 0.723. The molecule has 0 atom stereocenters. The second-order valence-electron chi connectivity index (χ2n) is 5.42. The summed E-state index contributed by atoms with van der Waals surface area (Å²) in [6.07, 6.45) is 1.36.